The maximum Gasteiger partial charge on any atom is 0.179 e. The molecule has 0 radical (unpaired) electrons. The zero-order valence-electron chi connectivity index (χ0n) is 11.9. The summed E-state index contributed by atoms with van der Waals surface area (Å²) in [5.74, 6) is 0.756. The van der Waals surface area contributed by atoms with E-state index in [1.54, 1.807) is 0 Å². The van der Waals surface area contributed by atoms with Gasteiger partial charge in [0.2, 0.25) is 0 Å². The molecule has 0 bridgehead atoms. The van der Waals surface area contributed by atoms with Crippen molar-refractivity contribution in [3.8, 4) is 6.07 Å². The molecule has 1 N–H and O–H groups in total. The molecule has 4 nitrogen and oxygen atoms in total. The van der Waals surface area contributed by atoms with Crippen LogP contribution in [0.4, 0.5) is 0 Å². The Hall–Kier alpha value is -1.38. The first kappa shape index (κ1) is 15.0. The molecule has 1 atom stereocenters. The number of hydrogen-bond donors (Lipinski definition) is 1. The highest BCUT2D eigenvalue weighted by Gasteiger charge is 2.44. The fraction of sp³-hybridized carbons (Fsp3) is 0.533. The van der Waals surface area contributed by atoms with Gasteiger partial charge in [-0.3, -0.25) is 0 Å². The predicted molar refractivity (Wildman–Crippen MR) is 78.0 cm³/mol. The second-order valence-electron chi connectivity index (χ2n) is 6.05. The van der Waals surface area contributed by atoms with Gasteiger partial charge in [0.15, 0.2) is 9.84 Å². The molecule has 1 aliphatic carbocycles. The molecule has 2 rings (SSSR count). The summed E-state index contributed by atoms with van der Waals surface area (Å²) in [6, 6.07) is 8.04. The van der Waals surface area contributed by atoms with Gasteiger partial charge in [0, 0.05) is 6.54 Å². The maximum atomic E-state index is 12.1. The Morgan fingerprint density at radius 2 is 1.95 bits per heavy atom. The van der Waals surface area contributed by atoms with Crippen molar-refractivity contribution in [3.05, 3.63) is 29.8 Å². The second kappa shape index (κ2) is 5.55. The molecule has 1 unspecified atom stereocenters. The summed E-state index contributed by atoms with van der Waals surface area (Å²) in [4.78, 5) is 0.282. The lowest BCUT2D eigenvalue weighted by Crippen LogP contribution is -2.25. The van der Waals surface area contributed by atoms with Crippen molar-refractivity contribution in [2.45, 2.75) is 25.2 Å². The number of benzene rings is 1. The first-order valence-corrected chi connectivity index (χ1v) is 8.44. The van der Waals surface area contributed by atoms with Crippen molar-refractivity contribution in [1.29, 1.82) is 5.26 Å². The number of sulfone groups is 1. The van der Waals surface area contributed by atoms with Gasteiger partial charge in [0.1, 0.15) is 0 Å². The van der Waals surface area contributed by atoms with Gasteiger partial charge in [-0.05, 0) is 48.6 Å². The summed E-state index contributed by atoms with van der Waals surface area (Å²) in [5.41, 5.74) is 0.886. The molecule has 20 heavy (non-hydrogen) atoms. The molecule has 0 amide bonds. The average Bonchev–Trinajstić information content (AvgIpc) is 3.02. The molecular weight excluding hydrogens is 272 g/mol. The first-order valence-electron chi connectivity index (χ1n) is 6.79. The fourth-order valence-electron chi connectivity index (χ4n) is 2.26. The molecule has 1 aliphatic rings. The molecule has 108 valence electrons. The van der Waals surface area contributed by atoms with Gasteiger partial charge in [-0.15, -0.1) is 0 Å². The third-order valence-corrected chi connectivity index (χ3v) is 5.73. The van der Waals surface area contributed by atoms with Gasteiger partial charge >= 0.3 is 0 Å². The first-order chi connectivity index (χ1) is 9.35. The van der Waals surface area contributed by atoms with Crippen LogP contribution in [-0.2, 0) is 9.84 Å². The highest BCUT2D eigenvalue weighted by atomic mass is 32.2. The normalized spacial score (nSPS) is 20.4. The second-order valence-corrected chi connectivity index (χ2v) is 8.16. The summed E-state index contributed by atoms with van der Waals surface area (Å²) in [5, 5.41) is 11.9. The monoisotopic (exact) mass is 292 g/mol. The molecule has 5 heteroatoms. The predicted octanol–water partition coefficient (Wildman–Crippen LogP) is 1.97. The summed E-state index contributed by atoms with van der Waals surface area (Å²) < 4.78 is 24.2. The van der Waals surface area contributed by atoms with Crippen LogP contribution >= 0.6 is 0 Å². The van der Waals surface area contributed by atoms with Gasteiger partial charge < -0.3 is 5.32 Å². The minimum atomic E-state index is -3.26. The topological polar surface area (TPSA) is 70.0 Å². The highest BCUT2D eigenvalue weighted by molar-refractivity contribution is 7.91. The molecule has 0 aliphatic heterocycles. The lowest BCUT2D eigenvalue weighted by atomic mass is 10.1. The van der Waals surface area contributed by atoms with Crippen molar-refractivity contribution in [1.82, 2.24) is 5.32 Å². The molecule has 1 saturated carbocycles. The lowest BCUT2D eigenvalue weighted by molar-refractivity contribution is 0.525. The fourth-order valence-corrected chi connectivity index (χ4v) is 3.46. The van der Waals surface area contributed by atoms with Gasteiger partial charge in [-0.2, -0.15) is 5.26 Å². The van der Waals surface area contributed by atoms with Crippen molar-refractivity contribution >= 4 is 9.84 Å². The minimum Gasteiger partial charge on any atom is -0.315 e. The number of nitrogens with zero attached hydrogens (tertiary/aromatic N) is 1. The van der Waals surface area contributed by atoms with Gasteiger partial charge in [-0.25, -0.2) is 8.42 Å². The van der Waals surface area contributed by atoms with Crippen LogP contribution in [-0.4, -0.2) is 27.3 Å². The van der Waals surface area contributed by atoms with E-state index in [0.29, 0.717) is 23.4 Å². The molecule has 1 aromatic carbocycles. The lowest BCUT2D eigenvalue weighted by Gasteiger charge is -2.07. The maximum absolute atomic E-state index is 12.1. The molecular formula is C15H20N2O2S. The van der Waals surface area contributed by atoms with Crippen LogP contribution in [0.1, 0.15) is 25.8 Å². The Bertz CT molecular complexity index is 612. The summed E-state index contributed by atoms with van der Waals surface area (Å²) in [6.45, 7) is 5.81. The molecule has 0 heterocycles. The van der Waals surface area contributed by atoms with E-state index in [1.807, 2.05) is 6.07 Å². The number of nitrogens with one attached hydrogen (secondary N) is 1. The Labute approximate surface area is 120 Å². The molecule has 0 saturated heterocycles. The van der Waals surface area contributed by atoms with E-state index in [1.165, 1.54) is 30.7 Å². The van der Waals surface area contributed by atoms with Gasteiger partial charge in [-0.1, -0.05) is 13.8 Å². The van der Waals surface area contributed by atoms with Crippen LogP contribution in [0.2, 0.25) is 0 Å². The van der Waals surface area contributed by atoms with E-state index in [9.17, 15) is 8.42 Å². The van der Waals surface area contributed by atoms with E-state index >= 15 is 0 Å². The van der Waals surface area contributed by atoms with Crippen molar-refractivity contribution in [3.63, 3.8) is 0 Å². The van der Waals surface area contributed by atoms with Gasteiger partial charge in [0.05, 0.1) is 22.3 Å². The largest absolute Gasteiger partial charge is 0.315 e. The zero-order valence-corrected chi connectivity index (χ0v) is 12.7. The smallest absolute Gasteiger partial charge is 0.179 e. The van der Waals surface area contributed by atoms with Crippen LogP contribution in [0.3, 0.4) is 0 Å². The van der Waals surface area contributed by atoms with Crippen molar-refractivity contribution in [2.75, 3.05) is 18.8 Å². The van der Waals surface area contributed by atoms with Crippen LogP contribution in [0.5, 0.6) is 0 Å². The van der Waals surface area contributed by atoms with E-state index in [2.05, 4.69) is 19.2 Å². The Morgan fingerprint density at radius 3 is 2.45 bits per heavy atom. The van der Waals surface area contributed by atoms with Crippen LogP contribution in [0.25, 0.3) is 0 Å². The van der Waals surface area contributed by atoms with E-state index < -0.39 is 9.84 Å². The molecule has 1 aromatic rings. The van der Waals surface area contributed by atoms with E-state index in [0.717, 1.165) is 6.54 Å². The van der Waals surface area contributed by atoms with Crippen molar-refractivity contribution in [2.24, 2.45) is 11.3 Å². The van der Waals surface area contributed by atoms with E-state index in [4.69, 9.17) is 5.26 Å². The van der Waals surface area contributed by atoms with E-state index in [-0.39, 0.29) is 10.6 Å². The van der Waals surface area contributed by atoms with Gasteiger partial charge in [0.25, 0.3) is 0 Å². The Balaban J connectivity index is 1.83. The number of hydrogen-bond acceptors (Lipinski definition) is 4. The minimum absolute atomic E-state index is 0.0893. The molecule has 0 spiro atoms. The highest BCUT2D eigenvalue weighted by Crippen LogP contribution is 2.50. The third-order valence-electron chi connectivity index (χ3n) is 4.00. The summed E-state index contributed by atoms with van der Waals surface area (Å²) >= 11 is 0. The third kappa shape index (κ3) is 3.59. The summed E-state index contributed by atoms with van der Waals surface area (Å²) in [7, 11) is -3.26. The van der Waals surface area contributed by atoms with Crippen LogP contribution in [0.15, 0.2) is 29.2 Å². The molecule has 1 fully saturated rings. The quantitative estimate of drug-likeness (QED) is 0.814. The SMILES string of the molecule is CC1(C)CC1CNCCS(=O)(=O)c1ccc(C#N)cc1. The standard InChI is InChI=1S/C15H20N2O2S/c1-15(2)9-13(15)11-17-7-8-20(18,19)14-5-3-12(10-16)4-6-14/h3-6,13,17H,7-9,11H2,1-2H3. The number of nitriles is 1. The Morgan fingerprint density at radius 1 is 1.35 bits per heavy atom. The number of rotatable bonds is 6. The average molecular weight is 292 g/mol. The zero-order chi connectivity index (χ0) is 14.8. The van der Waals surface area contributed by atoms with Crippen molar-refractivity contribution < 1.29 is 8.42 Å². The molecule has 0 aromatic heterocycles. The Kier molecular flexibility index (Phi) is 4.17. The van der Waals surface area contributed by atoms with Crippen LogP contribution < -0.4 is 5.32 Å². The van der Waals surface area contributed by atoms with Crippen LogP contribution in [0, 0.1) is 22.7 Å². The summed E-state index contributed by atoms with van der Waals surface area (Å²) in [6.07, 6.45) is 1.21.